The number of carbonyl (C=O) groups is 2. The second-order valence-electron chi connectivity index (χ2n) is 5.01. The molecular formula is C15H23N3O2. The molecule has 110 valence electrons. The summed E-state index contributed by atoms with van der Waals surface area (Å²) in [5.41, 5.74) is 1.88. The number of anilines is 1. The molecule has 0 spiro atoms. The van der Waals surface area contributed by atoms with Gasteiger partial charge in [-0.25, -0.2) is 0 Å². The summed E-state index contributed by atoms with van der Waals surface area (Å²) in [5, 5.41) is 5.37. The van der Waals surface area contributed by atoms with Crippen LogP contribution in [0.2, 0.25) is 0 Å². The van der Waals surface area contributed by atoms with Crippen molar-refractivity contribution >= 4 is 17.5 Å². The molecule has 5 nitrogen and oxygen atoms in total. The van der Waals surface area contributed by atoms with E-state index in [2.05, 4.69) is 15.5 Å². The summed E-state index contributed by atoms with van der Waals surface area (Å²) in [4.78, 5) is 25.1. The maximum absolute atomic E-state index is 11.7. The van der Waals surface area contributed by atoms with Gasteiger partial charge in [-0.1, -0.05) is 19.1 Å². The van der Waals surface area contributed by atoms with E-state index < -0.39 is 0 Å². The molecule has 0 aliphatic carbocycles. The molecule has 1 aromatic rings. The summed E-state index contributed by atoms with van der Waals surface area (Å²) < 4.78 is 0. The molecular weight excluding hydrogens is 254 g/mol. The van der Waals surface area contributed by atoms with Crippen LogP contribution >= 0.6 is 0 Å². The zero-order valence-corrected chi connectivity index (χ0v) is 12.4. The zero-order valence-electron chi connectivity index (χ0n) is 12.4. The van der Waals surface area contributed by atoms with E-state index >= 15 is 0 Å². The van der Waals surface area contributed by atoms with Gasteiger partial charge in [0.05, 0.1) is 6.54 Å². The fraction of sp³-hybridized carbons (Fsp3) is 0.467. The molecule has 0 unspecified atom stereocenters. The van der Waals surface area contributed by atoms with Crippen LogP contribution in [0.1, 0.15) is 25.3 Å². The summed E-state index contributed by atoms with van der Waals surface area (Å²) in [6, 6.07) is 7.69. The molecule has 1 rings (SSSR count). The van der Waals surface area contributed by atoms with Gasteiger partial charge >= 0.3 is 0 Å². The van der Waals surface area contributed by atoms with Gasteiger partial charge in [0.2, 0.25) is 11.8 Å². The normalized spacial score (nSPS) is 10.4. The van der Waals surface area contributed by atoms with E-state index in [1.54, 1.807) is 0 Å². The van der Waals surface area contributed by atoms with E-state index in [1.165, 1.54) is 0 Å². The number of benzene rings is 1. The van der Waals surface area contributed by atoms with Crippen molar-refractivity contribution in [1.82, 2.24) is 10.2 Å². The number of nitrogens with zero attached hydrogens (tertiary/aromatic N) is 1. The predicted octanol–water partition coefficient (Wildman–Crippen LogP) is 1.60. The van der Waals surface area contributed by atoms with Gasteiger partial charge in [-0.05, 0) is 38.2 Å². The molecule has 20 heavy (non-hydrogen) atoms. The summed E-state index contributed by atoms with van der Waals surface area (Å²) in [5.74, 6) is -0.305. The first-order valence-corrected chi connectivity index (χ1v) is 6.81. The molecule has 0 saturated heterocycles. The van der Waals surface area contributed by atoms with Crippen LogP contribution in [0, 0.1) is 0 Å². The van der Waals surface area contributed by atoms with Gasteiger partial charge in [0.25, 0.3) is 0 Å². The lowest BCUT2D eigenvalue weighted by Gasteiger charge is -2.11. The Morgan fingerprint density at radius 1 is 1.20 bits per heavy atom. The van der Waals surface area contributed by atoms with Crippen molar-refractivity contribution in [2.24, 2.45) is 0 Å². The molecule has 0 fully saturated rings. The van der Waals surface area contributed by atoms with Crippen LogP contribution in [-0.4, -0.2) is 37.4 Å². The van der Waals surface area contributed by atoms with Gasteiger partial charge in [0.1, 0.15) is 0 Å². The molecule has 2 amide bonds. The van der Waals surface area contributed by atoms with Crippen molar-refractivity contribution in [3.8, 4) is 0 Å². The van der Waals surface area contributed by atoms with E-state index in [0.717, 1.165) is 24.2 Å². The molecule has 0 aromatic heterocycles. The van der Waals surface area contributed by atoms with Crippen LogP contribution in [0.25, 0.3) is 0 Å². The molecule has 0 aliphatic rings. The van der Waals surface area contributed by atoms with E-state index in [1.807, 2.05) is 45.3 Å². The molecule has 0 saturated carbocycles. The fourth-order valence-corrected chi connectivity index (χ4v) is 1.81. The van der Waals surface area contributed by atoms with Gasteiger partial charge in [0.15, 0.2) is 0 Å². The van der Waals surface area contributed by atoms with E-state index in [-0.39, 0.29) is 18.4 Å². The Bertz CT molecular complexity index is 458. The van der Waals surface area contributed by atoms with E-state index in [4.69, 9.17) is 0 Å². The number of hydrogen-bond acceptors (Lipinski definition) is 3. The lowest BCUT2D eigenvalue weighted by Crippen LogP contribution is -2.32. The van der Waals surface area contributed by atoms with Gasteiger partial charge in [0, 0.05) is 18.7 Å². The summed E-state index contributed by atoms with van der Waals surface area (Å²) in [7, 11) is 3.99. The topological polar surface area (TPSA) is 61.4 Å². The molecule has 5 heteroatoms. The lowest BCUT2D eigenvalue weighted by atomic mass is 10.2. The zero-order chi connectivity index (χ0) is 15.0. The third-order valence-electron chi connectivity index (χ3n) is 2.63. The van der Waals surface area contributed by atoms with Crippen LogP contribution in [0.4, 0.5) is 5.69 Å². The molecule has 0 atom stereocenters. The monoisotopic (exact) mass is 277 g/mol. The maximum Gasteiger partial charge on any atom is 0.243 e. The number of amides is 2. The standard InChI is InChI=1S/C15H23N3O2/c1-4-6-14(19)16-10-15(20)17-13-8-5-7-12(9-13)11-18(2)3/h5,7-9H,4,6,10-11H2,1-3H3,(H,16,19)(H,17,20). The number of rotatable bonds is 7. The molecule has 0 heterocycles. The molecule has 0 radical (unpaired) electrons. The molecule has 1 aromatic carbocycles. The predicted molar refractivity (Wildman–Crippen MR) is 80.4 cm³/mol. The Labute approximate surface area is 120 Å². The Hall–Kier alpha value is -1.88. The van der Waals surface area contributed by atoms with Crippen LogP contribution < -0.4 is 10.6 Å². The van der Waals surface area contributed by atoms with Gasteiger partial charge in [-0.2, -0.15) is 0 Å². The largest absolute Gasteiger partial charge is 0.347 e. The highest BCUT2D eigenvalue weighted by atomic mass is 16.2. The molecule has 0 bridgehead atoms. The lowest BCUT2D eigenvalue weighted by molar-refractivity contribution is -0.124. The van der Waals surface area contributed by atoms with Crippen molar-refractivity contribution < 1.29 is 9.59 Å². The average Bonchev–Trinajstić information content (AvgIpc) is 2.36. The van der Waals surface area contributed by atoms with Crippen molar-refractivity contribution in [3.05, 3.63) is 29.8 Å². The fourth-order valence-electron chi connectivity index (χ4n) is 1.81. The van der Waals surface area contributed by atoms with Crippen molar-refractivity contribution in [2.75, 3.05) is 26.0 Å². The smallest absolute Gasteiger partial charge is 0.243 e. The first-order chi connectivity index (χ1) is 9.51. The highest BCUT2D eigenvalue weighted by molar-refractivity contribution is 5.94. The maximum atomic E-state index is 11.7. The van der Waals surface area contributed by atoms with Crippen LogP contribution in [0.15, 0.2) is 24.3 Å². The Morgan fingerprint density at radius 2 is 1.95 bits per heavy atom. The first kappa shape index (κ1) is 16.2. The van der Waals surface area contributed by atoms with Crippen molar-refractivity contribution in [1.29, 1.82) is 0 Å². The van der Waals surface area contributed by atoms with Crippen LogP contribution in [-0.2, 0) is 16.1 Å². The van der Waals surface area contributed by atoms with Gasteiger partial charge < -0.3 is 15.5 Å². The third kappa shape index (κ3) is 6.33. The highest BCUT2D eigenvalue weighted by Crippen LogP contribution is 2.11. The van der Waals surface area contributed by atoms with E-state index in [0.29, 0.717) is 6.42 Å². The van der Waals surface area contributed by atoms with Crippen LogP contribution in [0.3, 0.4) is 0 Å². The summed E-state index contributed by atoms with van der Waals surface area (Å²) in [6.45, 7) is 2.75. The number of hydrogen-bond donors (Lipinski definition) is 2. The van der Waals surface area contributed by atoms with Crippen molar-refractivity contribution in [2.45, 2.75) is 26.3 Å². The Balaban J connectivity index is 2.47. The minimum Gasteiger partial charge on any atom is -0.347 e. The number of nitrogens with one attached hydrogen (secondary N) is 2. The SMILES string of the molecule is CCCC(=O)NCC(=O)Nc1cccc(CN(C)C)c1. The quantitative estimate of drug-likeness (QED) is 0.796. The van der Waals surface area contributed by atoms with Crippen molar-refractivity contribution in [3.63, 3.8) is 0 Å². The highest BCUT2D eigenvalue weighted by Gasteiger charge is 2.05. The second kappa shape index (κ2) is 8.32. The summed E-state index contributed by atoms with van der Waals surface area (Å²) in [6.07, 6.45) is 1.23. The van der Waals surface area contributed by atoms with Gasteiger partial charge in [-0.3, -0.25) is 9.59 Å². The first-order valence-electron chi connectivity index (χ1n) is 6.81. The Morgan fingerprint density at radius 3 is 2.60 bits per heavy atom. The molecule has 0 aliphatic heterocycles. The number of carbonyl (C=O) groups excluding carboxylic acids is 2. The third-order valence-corrected chi connectivity index (χ3v) is 2.63. The Kier molecular flexibility index (Phi) is 6.73. The van der Waals surface area contributed by atoms with E-state index in [9.17, 15) is 9.59 Å². The van der Waals surface area contributed by atoms with Gasteiger partial charge in [-0.15, -0.1) is 0 Å². The average molecular weight is 277 g/mol. The minimum absolute atomic E-state index is 0.0107. The second-order valence-corrected chi connectivity index (χ2v) is 5.01. The summed E-state index contributed by atoms with van der Waals surface area (Å²) >= 11 is 0. The van der Waals surface area contributed by atoms with Crippen LogP contribution in [0.5, 0.6) is 0 Å². The molecule has 2 N–H and O–H groups in total. The minimum atomic E-state index is -0.212.